The Morgan fingerprint density at radius 3 is 2.58 bits per heavy atom. The first-order valence-corrected chi connectivity index (χ1v) is 17.1. The minimum Gasteiger partial charge on any atom is -0.481 e. The van der Waals surface area contributed by atoms with Gasteiger partial charge in [-0.05, 0) is 31.4 Å². The van der Waals surface area contributed by atoms with E-state index in [0.717, 1.165) is 44.3 Å². The molecule has 0 aromatic heterocycles. The Morgan fingerprint density at radius 1 is 1.21 bits per heavy atom. The lowest BCUT2D eigenvalue weighted by Gasteiger charge is -2.23. The summed E-state index contributed by atoms with van der Waals surface area (Å²) in [6.07, 6.45) is 11.1. The molecule has 4 atom stereocenters. The van der Waals surface area contributed by atoms with Crippen LogP contribution in [0, 0.1) is 23.3 Å². The summed E-state index contributed by atoms with van der Waals surface area (Å²) >= 11 is 1.39. The largest absolute Gasteiger partial charge is 0.481 e. The molecule has 188 valence electrons. The van der Waals surface area contributed by atoms with Crippen molar-refractivity contribution in [2.45, 2.75) is 102 Å². The van der Waals surface area contributed by atoms with Gasteiger partial charge in [-0.25, -0.2) is 0 Å². The molecular weight excluding hydrogens is 452 g/mol. The third kappa shape index (κ3) is 12.8. The monoisotopic (exact) mass is 496 g/mol. The summed E-state index contributed by atoms with van der Waals surface area (Å²) in [6, 6.07) is 0. The number of carbonyl (C=O) groups excluding carboxylic acids is 1. The van der Waals surface area contributed by atoms with E-state index in [2.05, 4.69) is 38.0 Å². The first kappa shape index (κ1) is 30.0. The zero-order chi connectivity index (χ0) is 24.9. The summed E-state index contributed by atoms with van der Waals surface area (Å²) in [4.78, 5) is 23.0. The zero-order valence-corrected chi connectivity index (χ0v) is 22.8. The second-order valence-electron chi connectivity index (χ2n) is 10.3. The number of carboxylic acids is 1. The number of carboxylic acid groups (broad SMARTS) is 1. The van der Waals surface area contributed by atoms with Crippen LogP contribution in [-0.2, 0) is 9.59 Å². The Balaban J connectivity index is 2.72. The van der Waals surface area contributed by atoms with E-state index in [4.69, 9.17) is 5.11 Å². The molecular formula is C26H44O5SSi. The van der Waals surface area contributed by atoms with Crippen molar-refractivity contribution >= 4 is 31.6 Å². The Kier molecular flexibility index (Phi) is 13.6. The lowest BCUT2D eigenvalue weighted by atomic mass is 9.87. The predicted molar refractivity (Wildman–Crippen MR) is 140 cm³/mol. The lowest BCUT2D eigenvalue weighted by molar-refractivity contribution is -0.134. The Bertz CT molecular complexity index is 706. The predicted octanol–water partition coefficient (Wildman–Crippen LogP) is 5.07. The van der Waals surface area contributed by atoms with Crippen molar-refractivity contribution in [3.05, 3.63) is 12.2 Å². The molecule has 0 amide bonds. The maximum absolute atomic E-state index is 12.4. The van der Waals surface area contributed by atoms with E-state index in [9.17, 15) is 19.8 Å². The molecule has 3 N–H and O–H groups in total. The van der Waals surface area contributed by atoms with Crippen LogP contribution in [0.4, 0.5) is 0 Å². The number of aliphatic hydroxyl groups is 2. The van der Waals surface area contributed by atoms with Crippen molar-refractivity contribution in [3.63, 3.8) is 0 Å². The van der Waals surface area contributed by atoms with E-state index >= 15 is 0 Å². The number of Topliss-reactive ketones (excluding diaryl/α,β-unsaturated/α-hetero) is 1. The summed E-state index contributed by atoms with van der Waals surface area (Å²) < 4.78 is 0. The lowest BCUT2D eigenvalue weighted by Crippen LogP contribution is -2.28. The molecule has 1 aliphatic carbocycles. The van der Waals surface area contributed by atoms with Gasteiger partial charge in [-0.15, -0.1) is 5.54 Å². The minimum absolute atomic E-state index is 0.101. The number of thioether (sulfide) groups is 1. The van der Waals surface area contributed by atoms with Gasteiger partial charge in [-0.2, -0.15) is 11.8 Å². The summed E-state index contributed by atoms with van der Waals surface area (Å²) in [7, 11) is -1.61. The molecule has 0 spiro atoms. The first-order chi connectivity index (χ1) is 15.5. The van der Waals surface area contributed by atoms with Crippen molar-refractivity contribution in [2.24, 2.45) is 11.8 Å². The summed E-state index contributed by atoms with van der Waals surface area (Å²) in [5, 5.41) is 30.4. The van der Waals surface area contributed by atoms with Gasteiger partial charge in [-0.1, -0.05) is 70.3 Å². The van der Waals surface area contributed by atoms with Crippen molar-refractivity contribution in [1.29, 1.82) is 0 Å². The van der Waals surface area contributed by atoms with Crippen molar-refractivity contribution < 1.29 is 24.9 Å². The second kappa shape index (κ2) is 15.0. The van der Waals surface area contributed by atoms with E-state index in [1.165, 1.54) is 11.8 Å². The van der Waals surface area contributed by atoms with Crippen LogP contribution in [0.1, 0.15) is 71.1 Å². The highest BCUT2D eigenvalue weighted by Crippen LogP contribution is 2.34. The number of hydrogen-bond donors (Lipinski definition) is 3. The quantitative estimate of drug-likeness (QED) is 0.127. The fourth-order valence-electron chi connectivity index (χ4n) is 4.10. The molecule has 0 aromatic carbocycles. The minimum atomic E-state index is -1.61. The number of rotatable bonds is 15. The smallest absolute Gasteiger partial charge is 0.313 e. The molecule has 0 aromatic rings. The van der Waals surface area contributed by atoms with Gasteiger partial charge in [0.25, 0.3) is 0 Å². The Morgan fingerprint density at radius 2 is 1.94 bits per heavy atom. The number of hydrogen-bond acceptors (Lipinski definition) is 5. The van der Waals surface area contributed by atoms with E-state index < -0.39 is 25.7 Å². The number of aliphatic carboxylic acids is 1. The van der Waals surface area contributed by atoms with Crippen molar-refractivity contribution in [1.82, 2.24) is 0 Å². The summed E-state index contributed by atoms with van der Waals surface area (Å²) in [5.74, 6) is 2.91. The molecule has 0 bridgehead atoms. The van der Waals surface area contributed by atoms with Crippen LogP contribution < -0.4 is 0 Å². The van der Waals surface area contributed by atoms with Crippen LogP contribution >= 0.6 is 11.8 Å². The molecule has 1 fully saturated rings. The molecule has 0 saturated heterocycles. The van der Waals surface area contributed by atoms with Crippen LogP contribution in [0.5, 0.6) is 0 Å². The molecule has 1 aliphatic rings. The fourth-order valence-corrected chi connectivity index (χ4v) is 5.44. The van der Waals surface area contributed by atoms with Gasteiger partial charge in [0.2, 0.25) is 0 Å². The fraction of sp³-hybridized carbons (Fsp3) is 0.769. The van der Waals surface area contributed by atoms with Gasteiger partial charge in [-0.3, -0.25) is 9.59 Å². The van der Waals surface area contributed by atoms with E-state index in [0.29, 0.717) is 19.3 Å². The Labute approximate surface area is 205 Å². The van der Waals surface area contributed by atoms with Crippen LogP contribution in [0.25, 0.3) is 0 Å². The molecule has 1 saturated carbocycles. The maximum atomic E-state index is 12.4. The van der Waals surface area contributed by atoms with E-state index in [-0.39, 0.29) is 29.8 Å². The number of aliphatic hydroxyl groups excluding tert-OH is 1. The van der Waals surface area contributed by atoms with E-state index in [1.54, 1.807) is 0 Å². The van der Waals surface area contributed by atoms with Crippen LogP contribution in [-0.4, -0.2) is 58.4 Å². The third-order valence-electron chi connectivity index (χ3n) is 5.94. The van der Waals surface area contributed by atoms with E-state index in [1.807, 2.05) is 12.2 Å². The first-order valence-electron chi connectivity index (χ1n) is 12.4. The second-order valence-corrected chi connectivity index (χ2v) is 16.2. The molecule has 1 rings (SSSR count). The maximum Gasteiger partial charge on any atom is 0.313 e. The van der Waals surface area contributed by atoms with Crippen molar-refractivity contribution in [3.8, 4) is 11.5 Å². The van der Waals surface area contributed by atoms with Crippen molar-refractivity contribution in [2.75, 3.05) is 11.5 Å². The summed E-state index contributed by atoms with van der Waals surface area (Å²) in [5.41, 5.74) is 2.26. The SMILES string of the molecule is CCCCCCC(O)(C#C[Si](C)(C)C)CC=C[C@H]1[C@H](O)CC(=O)[C@@H]1CCCCSCC(=O)O. The van der Waals surface area contributed by atoms with Gasteiger partial charge in [0.15, 0.2) is 0 Å². The van der Waals surface area contributed by atoms with Gasteiger partial charge in [0, 0.05) is 24.7 Å². The summed E-state index contributed by atoms with van der Waals surface area (Å²) in [6.45, 7) is 8.66. The van der Waals surface area contributed by atoms with Crippen LogP contribution in [0.15, 0.2) is 12.2 Å². The highest BCUT2D eigenvalue weighted by molar-refractivity contribution is 7.99. The number of unbranched alkanes of at least 4 members (excludes halogenated alkanes) is 4. The molecule has 1 unspecified atom stereocenters. The molecule has 5 nitrogen and oxygen atoms in total. The standard InChI is InChI=1S/C26H44O5SSi/c1-5-6-7-9-14-26(31,16-18-33(2,3)4)15-11-13-22-21(23(27)19-24(22)28)12-8-10-17-32-20-25(29)30/h11,13,21-22,24,28,31H,5-10,12,14-15,17,19-20H2,1-4H3,(H,29,30)/t21-,22-,24-,26?/m1/s1. The van der Waals surface area contributed by atoms with Crippen LogP contribution in [0.3, 0.4) is 0 Å². The van der Waals surface area contributed by atoms with Gasteiger partial charge in [0.1, 0.15) is 19.5 Å². The zero-order valence-electron chi connectivity index (χ0n) is 20.9. The molecule has 0 radical (unpaired) electrons. The van der Waals surface area contributed by atoms with Crippen LogP contribution in [0.2, 0.25) is 19.6 Å². The average Bonchev–Trinajstić information content (AvgIpc) is 2.98. The highest BCUT2D eigenvalue weighted by Gasteiger charge is 2.39. The molecule has 0 heterocycles. The van der Waals surface area contributed by atoms with Gasteiger partial charge < -0.3 is 15.3 Å². The number of carbonyl (C=O) groups is 2. The average molecular weight is 497 g/mol. The third-order valence-corrected chi connectivity index (χ3v) is 7.84. The topological polar surface area (TPSA) is 94.8 Å². The molecule has 7 heteroatoms. The molecule has 0 aliphatic heterocycles. The van der Waals surface area contributed by atoms with Gasteiger partial charge in [0.05, 0.1) is 11.9 Å². The molecule has 33 heavy (non-hydrogen) atoms. The van der Waals surface area contributed by atoms with Gasteiger partial charge >= 0.3 is 5.97 Å². The normalized spacial score (nSPS) is 22.8. The number of ketones is 1. The highest BCUT2D eigenvalue weighted by atomic mass is 32.2. The Hall–Kier alpha value is -1.07.